The van der Waals surface area contributed by atoms with Crippen LogP contribution in [0.4, 0.5) is 45.5 Å². The lowest BCUT2D eigenvalue weighted by atomic mass is 9.35. The van der Waals surface area contributed by atoms with Crippen molar-refractivity contribution in [1.82, 2.24) is 0 Å². The number of nitrogens with zero attached hydrogens (tertiary/aromatic N) is 3. The maximum Gasteiger partial charge on any atom is 0.297 e. The maximum atomic E-state index is 9.90. The highest BCUT2D eigenvalue weighted by atomic mass is 16.3. The molecule has 0 fully saturated rings. The van der Waals surface area contributed by atoms with Crippen molar-refractivity contribution in [1.29, 1.82) is 0 Å². The molecular formula is C72H86BN3O. The molecule has 7 aromatic rings. The van der Waals surface area contributed by atoms with Crippen molar-refractivity contribution in [3.05, 3.63) is 160 Å². The summed E-state index contributed by atoms with van der Waals surface area (Å²) in [7, 11) is 0. The van der Waals surface area contributed by atoms with Crippen LogP contribution >= 0.6 is 0 Å². The van der Waals surface area contributed by atoms with E-state index in [9.17, 15) is 11.0 Å². The SMILES string of the molecule is [2H]C1=C([2H])C(N(c2cc3c4c(c2)N(c2ccc5c(c2)C(C)(C)CCC5(C)C)c2c(oc5cc6c(cc25)C(C)(C)CCC6(C)C)B4c2cc(C(C)(C)C)ccc2N3c2cc(C(C)(C)C)cc(C(C)(C)C)c2)c2c([2H])c([2H])c([2H])c([2H])c2[2H])C([2H])C([2H])C1[2H]. The highest BCUT2D eigenvalue weighted by Crippen LogP contribution is 2.55. The molecule has 5 aliphatic rings. The van der Waals surface area contributed by atoms with Gasteiger partial charge < -0.3 is 19.1 Å². The predicted octanol–water partition coefficient (Wildman–Crippen LogP) is 18.4. The van der Waals surface area contributed by atoms with Crippen LogP contribution in [0, 0.1) is 0 Å². The summed E-state index contributed by atoms with van der Waals surface area (Å²) in [5.41, 5.74) is 15.5. The zero-order valence-electron chi connectivity index (χ0n) is 59.0. The summed E-state index contributed by atoms with van der Waals surface area (Å²) < 4.78 is 102. The minimum absolute atomic E-state index is 0.105. The molecule has 1 aromatic heterocycles. The Kier molecular flexibility index (Phi) is 9.24. The van der Waals surface area contributed by atoms with Crippen LogP contribution in [0.15, 0.2) is 126 Å². The third-order valence-electron chi connectivity index (χ3n) is 18.5. The molecule has 4 atom stereocenters. The van der Waals surface area contributed by atoms with E-state index in [-0.39, 0.29) is 43.6 Å². The van der Waals surface area contributed by atoms with E-state index in [4.69, 9.17) is 7.16 Å². The lowest BCUT2D eigenvalue weighted by Crippen LogP contribution is -2.61. The first-order chi connectivity index (χ1) is 40.2. The number of allylic oxidation sites excluding steroid dienone is 1. The van der Waals surface area contributed by atoms with Crippen molar-refractivity contribution < 1.29 is 18.1 Å². The topological polar surface area (TPSA) is 22.9 Å². The lowest BCUT2D eigenvalue weighted by Gasteiger charge is -2.45. The summed E-state index contributed by atoms with van der Waals surface area (Å²) in [6.45, 7) is 38.3. The van der Waals surface area contributed by atoms with Gasteiger partial charge in [0.15, 0.2) is 0 Å². The molecule has 0 saturated heterocycles. The van der Waals surface area contributed by atoms with Crippen molar-refractivity contribution in [3.8, 4) is 0 Å². The molecule has 398 valence electrons. The zero-order chi connectivity index (χ0) is 63.4. The van der Waals surface area contributed by atoms with Crippen LogP contribution in [0.5, 0.6) is 0 Å². The van der Waals surface area contributed by atoms with E-state index in [1.165, 1.54) is 27.2 Å². The molecule has 0 bridgehead atoms. The molecule has 0 radical (unpaired) electrons. The number of fused-ring (bicyclic) bond motifs is 8. The van der Waals surface area contributed by atoms with Crippen molar-refractivity contribution in [3.63, 3.8) is 0 Å². The second kappa shape index (κ2) is 17.3. The summed E-state index contributed by atoms with van der Waals surface area (Å²) >= 11 is 0. The number of hydrogen-bond acceptors (Lipinski definition) is 4. The minimum Gasteiger partial charge on any atom is -0.468 e. The molecular weight excluding hydrogens is 934 g/mol. The van der Waals surface area contributed by atoms with Crippen LogP contribution in [-0.4, -0.2) is 12.8 Å². The number of hydrogen-bond donors (Lipinski definition) is 0. The van der Waals surface area contributed by atoms with Crippen LogP contribution in [0.25, 0.3) is 11.0 Å². The molecule has 12 rings (SSSR count). The van der Waals surface area contributed by atoms with Gasteiger partial charge >= 0.3 is 0 Å². The highest BCUT2D eigenvalue weighted by Gasteiger charge is 2.49. The number of furan rings is 1. The van der Waals surface area contributed by atoms with Gasteiger partial charge in [-0.2, -0.15) is 0 Å². The lowest BCUT2D eigenvalue weighted by molar-refractivity contribution is 0.332. The molecule has 3 heterocycles. The highest BCUT2D eigenvalue weighted by molar-refractivity contribution is 7.00. The molecule has 0 saturated carbocycles. The molecule has 3 aliphatic carbocycles. The van der Waals surface area contributed by atoms with E-state index in [1.807, 2.05) is 12.1 Å². The quantitative estimate of drug-likeness (QED) is 0.127. The van der Waals surface area contributed by atoms with Crippen LogP contribution in [-0.2, 0) is 37.9 Å². The van der Waals surface area contributed by atoms with Gasteiger partial charge in [0.2, 0.25) is 0 Å². The molecule has 0 amide bonds. The Hall–Kier alpha value is -5.94. The van der Waals surface area contributed by atoms with Crippen LogP contribution in [0.1, 0.15) is 215 Å². The van der Waals surface area contributed by atoms with Crippen LogP contribution < -0.4 is 31.3 Å². The van der Waals surface area contributed by atoms with E-state index >= 15 is 0 Å². The smallest absolute Gasteiger partial charge is 0.297 e. The summed E-state index contributed by atoms with van der Waals surface area (Å²) in [5.74, 6) is 0. The first-order valence-electron chi connectivity index (χ1n) is 33.6. The standard InChI is InChI=1S/C72H86BN3O/c1-66(2,3)45-28-31-59-58(39-45)73-63-60(75(59)51-37-46(67(4,5)6)36-47(38-51)68(7,8)9)41-52(74(48-24-20-18-21-25-48)49-26-22-19-23-27-49)42-61(63)76(50-29-30-54-55(40-50)70(12,13)33-32-69(54,10)11)64-53-43-56-57(44-62(53)77-65(64)73)72(16,17)35-34-71(56,14)15/h18,20-22,24-26,28-31,36-44,49H,19,23,27,32-35H2,1-17H3/i18D,19D,20D,21D,22D,23D,24D,25D,26D,27D. The van der Waals surface area contributed by atoms with E-state index in [0.717, 1.165) is 98.4 Å². The maximum absolute atomic E-state index is 9.90. The molecule has 2 aliphatic heterocycles. The van der Waals surface area contributed by atoms with Gasteiger partial charge in [0.1, 0.15) is 5.58 Å². The Balaban J connectivity index is 1.32. The van der Waals surface area contributed by atoms with E-state index in [1.54, 1.807) is 0 Å². The van der Waals surface area contributed by atoms with Crippen molar-refractivity contribution in [2.75, 3.05) is 14.7 Å². The summed E-state index contributed by atoms with van der Waals surface area (Å²) in [4.78, 5) is 6.14. The summed E-state index contributed by atoms with van der Waals surface area (Å²) in [5, 5.41) is 0.947. The Labute approximate surface area is 477 Å². The average Bonchev–Trinajstić information content (AvgIpc) is 1.68. The Bertz CT molecular complexity index is 4040. The van der Waals surface area contributed by atoms with Gasteiger partial charge in [0.05, 0.1) is 27.0 Å². The van der Waals surface area contributed by atoms with Gasteiger partial charge in [-0.3, -0.25) is 0 Å². The Morgan fingerprint density at radius 3 is 1.75 bits per heavy atom. The zero-order valence-corrected chi connectivity index (χ0v) is 49.0. The molecule has 4 unspecified atom stereocenters. The molecule has 4 nitrogen and oxygen atoms in total. The van der Waals surface area contributed by atoms with Crippen molar-refractivity contribution in [2.45, 2.75) is 207 Å². The number of anilines is 8. The average molecular weight is 1030 g/mol. The van der Waals surface area contributed by atoms with E-state index < -0.39 is 74.3 Å². The summed E-state index contributed by atoms with van der Waals surface area (Å²) in [6.07, 6.45) is -0.569. The second-order valence-electron chi connectivity index (χ2n) is 28.9. The van der Waals surface area contributed by atoms with E-state index in [0.29, 0.717) is 11.4 Å². The fraction of sp³-hybridized carbons (Fsp3) is 0.444. The molecule has 5 heteroatoms. The van der Waals surface area contributed by atoms with Crippen LogP contribution in [0.2, 0.25) is 0 Å². The number of para-hydroxylation sites is 1. The molecule has 6 aromatic carbocycles. The third kappa shape index (κ3) is 8.44. The summed E-state index contributed by atoms with van der Waals surface area (Å²) in [6, 6.07) is 23.9. The van der Waals surface area contributed by atoms with Crippen molar-refractivity contribution >= 4 is 79.8 Å². The first-order valence-corrected chi connectivity index (χ1v) is 28.3. The monoisotopic (exact) mass is 1030 g/mol. The third-order valence-corrected chi connectivity index (χ3v) is 18.5. The van der Waals surface area contributed by atoms with Gasteiger partial charge in [-0.05, 0) is 199 Å². The second-order valence-corrected chi connectivity index (χ2v) is 28.9. The number of rotatable bonds is 5. The fourth-order valence-electron chi connectivity index (χ4n) is 13.3. The Morgan fingerprint density at radius 2 is 1.14 bits per heavy atom. The van der Waals surface area contributed by atoms with Crippen molar-refractivity contribution in [2.24, 2.45) is 0 Å². The normalized spacial score (nSPS) is 24.8. The minimum atomic E-state index is -1.57. The largest absolute Gasteiger partial charge is 0.468 e. The number of benzene rings is 6. The van der Waals surface area contributed by atoms with E-state index in [2.05, 4.69) is 194 Å². The first kappa shape index (κ1) is 41.2. The molecule has 0 N–H and O–H groups in total. The van der Waals surface area contributed by atoms with Gasteiger partial charge in [-0.1, -0.05) is 172 Å². The van der Waals surface area contributed by atoms with Gasteiger partial charge in [-0.25, -0.2) is 0 Å². The fourth-order valence-corrected chi connectivity index (χ4v) is 13.3. The van der Waals surface area contributed by atoms with Gasteiger partial charge in [-0.15, -0.1) is 0 Å². The van der Waals surface area contributed by atoms with Gasteiger partial charge in [0.25, 0.3) is 6.71 Å². The predicted molar refractivity (Wildman–Crippen MR) is 332 cm³/mol. The van der Waals surface area contributed by atoms with Crippen LogP contribution in [0.3, 0.4) is 0 Å². The Morgan fingerprint density at radius 1 is 0.571 bits per heavy atom. The molecule has 0 spiro atoms. The van der Waals surface area contributed by atoms with Gasteiger partial charge in [0, 0.05) is 49.3 Å². The molecule has 77 heavy (non-hydrogen) atoms.